The van der Waals surface area contributed by atoms with Gasteiger partial charge in [-0.2, -0.15) is 8.42 Å². The van der Waals surface area contributed by atoms with Crippen LogP contribution >= 0.6 is 11.6 Å². The molecule has 0 aliphatic carbocycles. The first-order valence-electron chi connectivity index (χ1n) is 5.75. The predicted molar refractivity (Wildman–Crippen MR) is 69.5 cm³/mol. The molecule has 0 bridgehead atoms. The van der Waals surface area contributed by atoms with E-state index in [1.165, 1.54) is 24.3 Å². The van der Waals surface area contributed by atoms with E-state index in [1.807, 2.05) is 0 Å². The summed E-state index contributed by atoms with van der Waals surface area (Å²) in [5.74, 6) is -0.696. The van der Waals surface area contributed by atoms with Crippen LogP contribution in [0.1, 0.15) is 13.8 Å². The number of benzene rings is 1. The van der Waals surface area contributed by atoms with E-state index in [0.717, 1.165) is 0 Å². The monoisotopic (exact) mass is 306 g/mol. The fourth-order valence-corrected chi connectivity index (χ4v) is 2.74. The van der Waals surface area contributed by atoms with Gasteiger partial charge in [0.2, 0.25) is 0 Å². The number of halogens is 1. The minimum atomic E-state index is -3.80. The van der Waals surface area contributed by atoms with Crippen molar-refractivity contribution in [2.24, 2.45) is 0 Å². The van der Waals surface area contributed by atoms with Crippen LogP contribution in [0.4, 0.5) is 0 Å². The molecule has 1 heterocycles. The largest absolute Gasteiger partial charge is 0.348 e. The smallest absolute Gasteiger partial charge is 0.297 e. The second-order valence-electron chi connectivity index (χ2n) is 4.64. The summed E-state index contributed by atoms with van der Waals surface area (Å²) in [4.78, 5) is 0.0649. The highest BCUT2D eigenvalue weighted by atomic mass is 35.5. The predicted octanol–water partition coefficient (Wildman–Crippen LogP) is 2.20. The zero-order valence-electron chi connectivity index (χ0n) is 10.6. The maximum Gasteiger partial charge on any atom is 0.297 e. The lowest BCUT2D eigenvalue weighted by Crippen LogP contribution is -2.25. The molecule has 5 nitrogen and oxygen atoms in total. The van der Waals surface area contributed by atoms with Crippen molar-refractivity contribution in [2.75, 3.05) is 13.2 Å². The van der Waals surface area contributed by atoms with Gasteiger partial charge in [-0.1, -0.05) is 11.6 Å². The van der Waals surface area contributed by atoms with Gasteiger partial charge in [0.1, 0.15) is 6.10 Å². The van der Waals surface area contributed by atoms with Crippen LogP contribution in [0.25, 0.3) is 0 Å². The first kappa shape index (κ1) is 14.7. The van der Waals surface area contributed by atoms with Crippen LogP contribution in [0.2, 0.25) is 5.02 Å². The van der Waals surface area contributed by atoms with E-state index < -0.39 is 22.0 Å². The Morgan fingerprint density at radius 2 is 2.00 bits per heavy atom. The average Bonchev–Trinajstić information content (AvgIpc) is 2.67. The Bertz CT molecular complexity index is 538. The fourth-order valence-electron chi connectivity index (χ4n) is 1.68. The first-order chi connectivity index (χ1) is 8.78. The van der Waals surface area contributed by atoms with Crippen LogP contribution in [-0.2, 0) is 23.8 Å². The normalized spacial score (nSPS) is 22.6. The molecule has 19 heavy (non-hydrogen) atoms. The molecule has 7 heteroatoms. The molecule has 1 saturated heterocycles. The van der Waals surface area contributed by atoms with E-state index in [4.69, 9.17) is 25.3 Å². The van der Waals surface area contributed by atoms with Gasteiger partial charge in [0.05, 0.1) is 18.1 Å². The molecular weight excluding hydrogens is 292 g/mol. The van der Waals surface area contributed by atoms with Crippen molar-refractivity contribution in [3.63, 3.8) is 0 Å². The lowest BCUT2D eigenvalue weighted by atomic mass is 10.4. The zero-order chi connectivity index (χ0) is 14.1. The van der Waals surface area contributed by atoms with Crippen molar-refractivity contribution in [1.82, 2.24) is 0 Å². The molecule has 2 rings (SSSR count). The molecule has 0 aromatic heterocycles. The van der Waals surface area contributed by atoms with E-state index in [9.17, 15) is 8.42 Å². The highest BCUT2D eigenvalue weighted by Gasteiger charge is 2.33. The van der Waals surface area contributed by atoms with Gasteiger partial charge < -0.3 is 9.47 Å². The van der Waals surface area contributed by atoms with Gasteiger partial charge in [-0.05, 0) is 38.1 Å². The fraction of sp³-hybridized carbons (Fsp3) is 0.500. The highest BCUT2D eigenvalue weighted by Crippen LogP contribution is 2.23. The van der Waals surface area contributed by atoms with Crippen molar-refractivity contribution < 1.29 is 22.1 Å². The van der Waals surface area contributed by atoms with Crippen molar-refractivity contribution in [1.29, 1.82) is 0 Å². The molecule has 0 spiro atoms. The quantitative estimate of drug-likeness (QED) is 0.798. The summed E-state index contributed by atoms with van der Waals surface area (Å²) in [7, 11) is -3.80. The molecule has 0 unspecified atom stereocenters. The van der Waals surface area contributed by atoms with Crippen molar-refractivity contribution in [3.05, 3.63) is 29.3 Å². The minimum Gasteiger partial charge on any atom is -0.348 e. The van der Waals surface area contributed by atoms with Crippen molar-refractivity contribution >= 4 is 21.7 Å². The van der Waals surface area contributed by atoms with Gasteiger partial charge in [-0.25, -0.2) is 0 Å². The molecule has 1 aliphatic rings. The average molecular weight is 307 g/mol. The Labute approximate surface area is 117 Å². The third-order valence-electron chi connectivity index (χ3n) is 2.58. The van der Waals surface area contributed by atoms with Crippen LogP contribution in [0.15, 0.2) is 29.2 Å². The number of hydrogen-bond acceptors (Lipinski definition) is 5. The van der Waals surface area contributed by atoms with Gasteiger partial charge in [-0.15, -0.1) is 0 Å². The molecule has 1 fully saturated rings. The van der Waals surface area contributed by atoms with Gasteiger partial charge in [0.15, 0.2) is 5.79 Å². The SMILES string of the molecule is CC1(C)OC[C@@H](COS(=O)(=O)c2ccc(Cl)cc2)O1. The molecular formula is C12H15ClO5S. The van der Waals surface area contributed by atoms with Gasteiger partial charge in [0, 0.05) is 5.02 Å². The Balaban J connectivity index is 1.97. The number of hydrogen-bond donors (Lipinski definition) is 0. The molecule has 0 radical (unpaired) electrons. The number of ether oxygens (including phenoxy) is 2. The summed E-state index contributed by atoms with van der Waals surface area (Å²) in [6, 6.07) is 5.79. The van der Waals surface area contributed by atoms with Crippen LogP contribution in [0, 0.1) is 0 Å². The summed E-state index contributed by atoms with van der Waals surface area (Å²) in [5.41, 5.74) is 0. The van der Waals surface area contributed by atoms with Gasteiger partial charge >= 0.3 is 0 Å². The lowest BCUT2D eigenvalue weighted by Gasteiger charge is -2.16. The van der Waals surface area contributed by atoms with Crippen LogP contribution in [-0.4, -0.2) is 33.5 Å². The molecule has 1 aromatic rings. The molecule has 1 atom stereocenters. The molecule has 106 valence electrons. The van der Waals surface area contributed by atoms with Crippen molar-refractivity contribution in [2.45, 2.75) is 30.6 Å². The van der Waals surface area contributed by atoms with Crippen molar-refractivity contribution in [3.8, 4) is 0 Å². The Morgan fingerprint density at radius 1 is 1.37 bits per heavy atom. The lowest BCUT2D eigenvalue weighted by molar-refractivity contribution is -0.141. The standard InChI is InChI=1S/C12H15ClO5S/c1-12(2)16-7-10(18-12)8-17-19(14,15)11-5-3-9(13)4-6-11/h3-6,10H,7-8H2,1-2H3/t10-/m0/s1. The van der Waals surface area contributed by atoms with Gasteiger partial charge in [-0.3, -0.25) is 4.18 Å². The van der Waals surface area contributed by atoms with E-state index in [1.54, 1.807) is 13.8 Å². The first-order valence-corrected chi connectivity index (χ1v) is 7.54. The Morgan fingerprint density at radius 3 is 2.53 bits per heavy atom. The summed E-state index contributed by atoms with van der Waals surface area (Å²) in [6.07, 6.45) is -0.392. The maximum atomic E-state index is 11.9. The summed E-state index contributed by atoms with van der Waals surface area (Å²) >= 11 is 5.70. The molecule has 1 aromatic carbocycles. The third kappa shape index (κ3) is 3.90. The van der Waals surface area contributed by atoms with Crippen LogP contribution in [0.5, 0.6) is 0 Å². The van der Waals surface area contributed by atoms with E-state index >= 15 is 0 Å². The topological polar surface area (TPSA) is 61.8 Å². The van der Waals surface area contributed by atoms with Crippen LogP contribution < -0.4 is 0 Å². The summed E-state index contributed by atoms with van der Waals surface area (Å²) in [5, 5.41) is 0.466. The minimum absolute atomic E-state index is 0.0649. The van der Waals surface area contributed by atoms with E-state index in [0.29, 0.717) is 11.6 Å². The van der Waals surface area contributed by atoms with E-state index in [-0.39, 0.29) is 11.5 Å². The van der Waals surface area contributed by atoms with Gasteiger partial charge in [0.25, 0.3) is 10.1 Å². The Hall–Kier alpha value is -0.660. The number of rotatable bonds is 4. The zero-order valence-corrected chi connectivity index (χ0v) is 12.2. The Kier molecular flexibility index (Phi) is 4.17. The summed E-state index contributed by atoms with van der Waals surface area (Å²) < 4.78 is 39.5. The molecule has 0 N–H and O–H groups in total. The highest BCUT2D eigenvalue weighted by molar-refractivity contribution is 7.86. The molecule has 0 amide bonds. The van der Waals surface area contributed by atoms with E-state index in [2.05, 4.69) is 0 Å². The second kappa shape index (κ2) is 5.38. The molecule has 0 saturated carbocycles. The summed E-state index contributed by atoms with van der Waals surface area (Å²) in [6.45, 7) is 3.76. The maximum absolute atomic E-state index is 11.9. The molecule has 1 aliphatic heterocycles. The van der Waals surface area contributed by atoms with Crippen LogP contribution in [0.3, 0.4) is 0 Å². The second-order valence-corrected chi connectivity index (χ2v) is 6.70. The third-order valence-corrected chi connectivity index (χ3v) is 4.13.